The zero-order valence-corrected chi connectivity index (χ0v) is 8.72. The van der Waals surface area contributed by atoms with Gasteiger partial charge in [0.05, 0.1) is 7.11 Å². The quantitative estimate of drug-likeness (QED) is 0.469. The fourth-order valence-electron chi connectivity index (χ4n) is 1.57. The third-order valence-corrected chi connectivity index (χ3v) is 4.49. The van der Waals surface area contributed by atoms with Crippen LogP contribution in [0.4, 0.5) is 0 Å². The van der Waals surface area contributed by atoms with Gasteiger partial charge in [0.2, 0.25) is 0 Å². The van der Waals surface area contributed by atoms with Crippen molar-refractivity contribution in [2.75, 3.05) is 18.6 Å². The molecule has 0 atom stereocenters. The molecule has 0 bridgehead atoms. The lowest BCUT2D eigenvalue weighted by molar-refractivity contribution is -0.141. The van der Waals surface area contributed by atoms with Crippen molar-refractivity contribution >= 4 is 16.1 Å². The largest absolute Gasteiger partial charge is 0.469 e. The third-order valence-electron chi connectivity index (χ3n) is 2.50. The van der Waals surface area contributed by atoms with Gasteiger partial charge in [0, 0.05) is 17.9 Å². The molecule has 1 aliphatic rings. The van der Waals surface area contributed by atoms with E-state index in [1.54, 1.807) is 0 Å². The zero-order chi connectivity index (χ0) is 9.90. The summed E-state index contributed by atoms with van der Waals surface area (Å²) in [6.45, 7) is 0. The van der Waals surface area contributed by atoms with Crippen LogP contribution in [0.25, 0.3) is 0 Å². The van der Waals surface area contributed by atoms with Crippen molar-refractivity contribution in [3.05, 3.63) is 0 Å². The number of carbonyl (C=O) groups is 1. The van der Waals surface area contributed by atoms with Crippen LogP contribution in [0.5, 0.6) is 0 Å². The number of hydrogen-bond acceptors (Lipinski definition) is 3. The number of ether oxygens (including phenoxy) is 1. The van der Waals surface area contributed by atoms with Crippen molar-refractivity contribution in [1.29, 1.82) is 4.78 Å². The molecule has 1 aliphatic heterocycles. The van der Waals surface area contributed by atoms with Crippen molar-refractivity contribution in [2.24, 2.45) is 5.92 Å². The van der Waals surface area contributed by atoms with Gasteiger partial charge in [-0.3, -0.25) is 9.57 Å². The fourth-order valence-corrected chi connectivity index (χ4v) is 3.38. The summed E-state index contributed by atoms with van der Waals surface area (Å²) in [5.41, 5.74) is 0. The number of hydrogen-bond donors (Lipinski definition) is 3. The van der Waals surface area contributed by atoms with E-state index in [-0.39, 0.29) is 5.97 Å². The minimum atomic E-state index is -2.33. The first kappa shape index (κ1) is 10.7. The monoisotopic (exact) mass is 207 g/mol. The molecule has 1 saturated heterocycles. The first-order valence-corrected chi connectivity index (χ1v) is 6.56. The molecule has 5 heteroatoms. The first-order valence-electron chi connectivity index (χ1n) is 4.45. The Hall–Kier alpha value is -0.420. The SMILES string of the molecule is COC(=O)CC1CC[SH](=N)(O)CC1. The lowest BCUT2D eigenvalue weighted by Crippen LogP contribution is -2.29. The Balaban J connectivity index is 2.33. The molecule has 0 aliphatic carbocycles. The van der Waals surface area contributed by atoms with E-state index in [2.05, 4.69) is 4.74 Å². The number of carbonyl (C=O) groups excluding carboxylic acids is 1. The number of rotatable bonds is 2. The second kappa shape index (κ2) is 4.19. The van der Waals surface area contributed by atoms with Gasteiger partial charge in [-0.2, -0.15) is 0 Å². The maximum absolute atomic E-state index is 10.9. The molecular formula is C8H17NO3S. The average molecular weight is 207 g/mol. The van der Waals surface area contributed by atoms with Crippen LogP contribution in [0.3, 0.4) is 0 Å². The van der Waals surface area contributed by atoms with Gasteiger partial charge in [-0.15, -0.1) is 10.1 Å². The highest BCUT2D eigenvalue weighted by Gasteiger charge is 2.22. The summed E-state index contributed by atoms with van der Waals surface area (Å²) in [5, 5.41) is 0. The molecule has 0 radical (unpaired) electrons. The highest BCUT2D eigenvalue weighted by molar-refractivity contribution is 7.98. The zero-order valence-electron chi connectivity index (χ0n) is 7.82. The Labute approximate surface area is 79.4 Å². The Morgan fingerprint density at radius 1 is 1.62 bits per heavy atom. The van der Waals surface area contributed by atoms with Gasteiger partial charge in [-0.25, -0.2) is 0 Å². The van der Waals surface area contributed by atoms with Crippen molar-refractivity contribution in [1.82, 2.24) is 0 Å². The van der Waals surface area contributed by atoms with Gasteiger partial charge >= 0.3 is 5.97 Å². The van der Waals surface area contributed by atoms with E-state index in [1.165, 1.54) is 7.11 Å². The topological polar surface area (TPSA) is 70.4 Å². The minimum absolute atomic E-state index is 0.182. The summed E-state index contributed by atoms with van der Waals surface area (Å²) in [6.07, 6.45) is 2.03. The molecule has 1 rings (SSSR count). The van der Waals surface area contributed by atoms with Crippen LogP contribution < -0.4 is 0 Å². The van der Waals surface area contributed by atoms with Crippen LogP contribution in [0.1, 0.15) is 19.3 Å². The Morgan fingerprint density at radius 3 is 2.62 bits per heavy atom. The highest BCUT2D eigenvalue weighted by Crippen LogP contribution is 2.24. The Morgan fingerprint density at radius 2 is 2.15 bits per heavy atom. The number of nitrogens with one attached hydrogen (secondary N) is 1. The summed E-state index contributed by atoms with van der Waals surface area (Å²) < 4.78 is 21.5. The van der Waals surface area contributed by atoms with Crippen molar-refractivity contribution in [3.63, 3.8) is 0 Å². The molecule has 0 spiro atoms. The summed E-state index contributed by atoms with van der Waals surface area (Å²) in [7, 11) is -0.940. The van der Waals surface area contributed by atoms with Gasteiger partial charge in [0.1, 0.15) is 0 Å². The normalized spacial score (nSPS) is 29.2. The molecule has 2 N–H and O–H groups in total. The second-order valence-corrected chi connectivity index (χ2v) is 6.33. The van der Waals surface area contributed by atoms with Gasteiger partial charge in [0.25, 0.3) is 0 Å². The predicted octanol–water partition coefficient (Wildman–Crippen LogP) is 1.08. The summed E-state index contributed by atoms with van der Waals surface area (Å²) in [5.74, 6) is 1.29. The van der Waals surface area contributed by atoms with E-state index in [0.717, 1.165) is 12.8 Å². The van der Waals surface area contributed by atoms with Crippen molar-refractivity contribution in [3.8, 4) is 0 Å². The smallest absolute Gasteiger partial charge is 0.305 e. The Kier molecular flexibility index (Phi) is 3.44. The van der Waals surface area contributed by atoms with E-state index in [4.69, 9.17) is 4.78 Å². The van der Waals surface area contributed by atoms with Crippen LogP contribution in [-0.2, 0) is 19.6 Å². The maximum Gasteiger partial charge on any atom is 0.305 e. The van der Waals surface area contributed by atoms with Crippen LogP contribution in [0.2, 0.25) is 0 Å². The molecular weight excluding hydrogens is 190 g/mol. The summed E-state index contributed by atoms with van der Waals surface area (Å²) in [4.78, 5) is 10.9. The van der Waals surface area contributed by atoms with Gasteiger partial charge in [-0.05, 0) is 18.8 Å². The van der Waals surface area contributed by atoms with Crippen molar-refractivity contribution < 1.29 is 14.1 Å². The molecule has 1 heterocycles. The predicted molar refractivity (Wildman–Crippen MR) is 53.2 cm³/mol. The molecule has 1 fully saturated rings. The van der Waals surface area contributed by atoms with Gasteiger partial charge in [0.15, 0.2) is 0 Å². The molecule has 0 aromatic rings. The average Bonchev–Trinajstić information content (AvgIpc) is 2.08. The minimum Gasteiger partial charge on any atom is -0.469 e. The molecule has 4 nitrogen and oxygen atoms in total. The fraction of sp³-hybridized carbons (Fsp3) is 0.875. The summed E-state index contributed by atoms with van der Waals surface area (Å²) >= 11 is 0. The van der Waals surface area contributed by atoms with E-state index in [0.29, 0.717) is 23.8 Å². The lowest BCUT2D eigenvalue weighted by Gasteiger charge is -2.30. The van der Waals surface area contributed by atoms with Crippen LogP contribution >= 0.6 is 0 Å². The highest BCUT2D eigenvalue weighted by atomic mass is 32.3. The van der Waals surface area contributed by atoms with Crippen molar-refractivity contribution in [2.45, 2.75) is 19.3 Å². The van der Waals surface area contributed by atoms with Gasteiger partial charge < -0.3 is 9.29 Å². The number of methoxy groups -OCH3 is 1. The molecule has 0 aromatic heterocycles. The van der Waals surface area contributed by atoms with Crippen LogP contribution in [0.15, 0.2) is 0 Å². The molecule has 0 amide bonds. The third kappa shape index (κ3) is 3.44. The number of esters is 1. The molecule has 0 unspecified atom stereocenters. The molecule has 78 valence electrons. The second-order valence-electron chi connectivity index (χ2n) is 3.59. The molecule has 13 heavy (non-hydrogen) atoms. The summed E-state index contributed by atoms with van der Waals surface area (Å²) in [6, 6.07) is 0. The number of thiol groups is 1. The molecule has 0 aromatic carbocycles. The van der Waals surface area contributed by atoms with E-state index >= 15 is 0 Å². The van der Waals surface area contributed by atoms with Crippen LogP contribution in [-0.4, -0.2) is 29.1 Å². The maximum atomic E-state index is 10.9. The standard InChI is InChI=1S/C8H17NO3S/c1-12-8(10)6-7-2-4-13(9,11)5-3-7/h7,13H,2-6H2,1H3,(H2,9,11). The van der Waals surface area contributed by atoms with E-state index < -0.39 is 10.1 Å². The van der Waals surface area contributed by atoms with Gasteiger partial charge in [-0.1, -0.05) is 0 Å². The van der Waals surface area contributed by atoms with E-state index in [9.17, 15) is 9.35 Å². The lowest BCUT2D eigenvalue weighted by atomic mass is 9.99. The van der Waals surface area contributed by atoms with E-state index in [1.807, 2.05) is 0 Å². The Bertz CT molecular complexity index is 230. The van der Waals surface area contributed by atoms with Crippen LogP contribution in [0, 0.1) is 10.7 Å². The molecule has 0 saturated carbocycles. The first-order chi connectivity index (χ1) is 6.03.